The van der Waals surface area contributed by atoms with Gasteiger partial charge in [0.05, 0.1) is 18.5 Å². The van der Waals surface area contributed by atoms with Crippen LogP contribution in [0.4, 0.5) is 11.4 Å². The van der Waals surface area contributed by atoms with Gasteiger partial charge in [0.2, 0.25) is 0 Å². The molecule has 1 aromatic heterocycles. The van der Waals surface area contributed by atoms with Crippen molar-refractivity contribution < 1.29 is 9.53 Å². The molecule has 3 N–H and O–H groups in total. The average molecular weight is 288 g/mol. The smallest absolute Gasteiger partial charge is 0.273 e. The molecule has 1 heterocycles. The van der Waals surface area contributed by atoms with E-state index >= 15 is 0 Å². The molecule has 1 aromatic carbocycles. The monoisotopic (exact) mass is 288 g/mol. The van der Waals surface area contributed by atoms with E-state index in [2.05, 4.69) is 10.4 Å². The Hall–Kier alpha value is -2.50. The number of aryl methyl sites for hydroxylation is 2. The fourth-order valence-electron chi connectivity index (χ4n) is 2.07. The number of nitrogens with zero attached hydrogens (tertiary/aromatic N) is 2. The number of carbonyl (C=O) groups excluding carboxylic acids is 1. The summed E-state index contributed by atoms with van der Waals surface area (Å²) in [5.74, 6) is 0.383. The fraction of sp³-hybridized carbons (Fsp3) is 0.333. The van der Waals surface area contributed by atoms with Crippen LogP contribution in [0.15, 0.2) is 24.3 Å². The van der Waals surface area contributed by atoms with E-state index in [1.54, 1.807) is 30.0 Å². The van der Waals surface area contributed by atoms with E-state index in [0.717, 1.165) is 12.1 Å². The van der Waals surface area contributed by atoms with Crippen LogP contribution < -0.4 is 15.8 Å². The molecular weight excluding hydrogens is 268 g/mol. The molecule has 0 aliphatic heterocycles. The second-order valence-corrected chi connectivity index (χ2v) is 4.60. The summed E-state index contributed by atoms with van der Waals surface area (Å²) in [5, 5.41) is 7.19. The lowest BCUT2D eigenvalue weighted by Gasteiger charge is -2.09. The maximum absolute atomic E-state index is 12.3. The molecule has 0 aliphatic rings. The zero-order valence-corrected chi connectivity index (χ0v) is 12.5. The quantitative estimate of drug-likeness (QED) is 0.827. The third-order valence-electron chi connectivity index (χ3n) is 3.21. The Morgan fingerprint density at radius 2 is 2.14 bits per heavy atom. The van der Waals surface area contributed by atoms with Crippen molar-refractivity contribution in [2.75, 3.05) is 18.2 Å². The van der Waals surface area contributed by atoms with Gasteiger partial charge < -0.3 is 15.8 Å². The molecule has 0 spiro atoms. The number of amides is 1. The summed E-state index contributed by atoms with van der Waals surface area (Å²) in [4.78, 5) is 12.3. The predicted molar refractivity (Wildman–Crippen MR) is 82.6 cm³/mol. The Balaban J connectivity index is 2.21. The standard InChI is InChI=1S/C15H20N4O2/c1-4-10-9-13(19(5-2)18-10)15(20)17-11-6-7-14(21-3)12(16)8-11/h6-9H,4-5,16H2,1-3H3,(H,17,20). The molecule has 2 rings (SSSR count). The van der Waals surface area contributed by atoms with Gasteiger partial charge in [-0.1, -0.05) is 6.92 Å². The largest absolute Gasteiger partial charge is 0.495 e. The lowest BCUT2D eigenvalue weighted by atomic mass is 10.2. The van der Waals surface area contributed by atoms with E-state index < -0.39 is 0 Å². The maximum Gasteiger partial charge on any atom is 0.273 e. The van der Waals surface area contributed by atoms with Crippen LogP contribution in [0.2, 0.25) is 0 Å². The number of rotatable bonds is 5. The minimum absolute atomic E-state index is 0.200. The normalized spacial score (nSPS) is 10.4. The number of benzene rings is 1. The lowest BCUT2D eigenvalue weighted by Crippen LogP contribution is -2.17. The summed E-state index contributed by atoms with van der Waals surface area (Å²) < 4.78 is 6.79. The van der Waals surface area contributed by atoms with Crippen molar-refractivity contribution in [1.29, 1.82) is 0 Å². The van der Waals surface area contributed by atoms with Gasteiger partial charge in [0.25, 0.3) is 5.91 Å². The summed E-state index contributed by atoms with van der Waals surface area (Å²) >= 11 is 0. The first kappa shape index (κ1) is 14.9. The zero-order valence-electron chi connectivity index (χ0n) is 12.5. The number of nitrogens with one attached hydrogen (secondary N) is 1. The van der Waals surface area contributed by atoms with Crippen molar-refractivity contribution in [3.8, 4) is 5.75 Å². The molecule has 0 saturated heterocycles. The molecule has 0 bridgehead atoms. The fourth-order valence-corrected chi connectivity index (χ4v) is 2.07. The number of hydrogen-bond donors (Lipinski definition) is 2. The summed E-state index contributed by atoms with van der Waals surface area (Å²) in [6.45, 7) is 4.61. The van der Waals surface area contributed by atoms with Crippen molar-refractivity contribution in [3.05, 3.63) is 35.7 Å². The van der Waals surface area contributed by atoms with Gasteiger partial charge in [0.15, 0.2) is 0 Å². The van der Waals surface area contributed by atoms with Crippen LogP contribution in [0.1, 0.15) is 30.0 Å². The minimum Gasteiger partial charge on any atom is -0.495 e. The number of hydrogen-bond acceptors (Lipinski definition) is 4. The second-order valence-electron chi connectivity index (χ2n) is 4.60. The van der Waals surface area contributed by atoms with Gasteiger partial charge in [0.1, 0.15) is 11.4 Å². The molecule has 0 unspecified atom stereocenters. The minimum atomic E-state index is -0.200. The van der Waals surface area contributed by atoms with Crippen molar-refractivity contribution in [2.45, 2.75) is 26.8 Å². The number of aromatic nitrogens is 2. The zero-order chi connectivity index (χ0) is 15.4. The molecule has 0 atom stereocenters. The molecule has 0 radical (unpaired) electrons. The third-order valence-corrected chi connectivity index (χ3v) is 3.21. The number of ether oxygens (including phenoxy) is 1. The SMILES string of the molecule is CCc1cc(C(=O)Nc2ccc(OC)c(N)c2)n(CC)n1. The van der Waals surface area contributed by atoms with Crippen LogP contribution in [0, 0.1) is 0 Å². The third kappa shape index (κ3) is 3.16. The molecule has 6 nitrogen and oxygen atoms in total. The molecule has 21 heavy (non-hydrogen) atoms. The molecule has 112 valence electrons. The maximum atomic E-state index is 12.3. The van der Waals surface area contributed by atoms with Gasteiger partial charge in [-0.05, 0) is 37.6 Å². The summed E-state index contributed by atoms with van der Waals surface area (Å²) in [6.07, 6.45) is 0.794. The molecule has 2 aromatic rings. The summed E-state index contributed by atoms with van der Waals surface area (Å²) in [7, 11) is 1.55. The Labute approximate surface area is 123 Å². The van der Waals surface area contributed by atoms with E-state index in [-0.39, 0.29) is 5.91 Å². The highest BCUT2D eigenvalue weighted by atomic mass is 16.5. The molecule has 0 aliphatic carbocycles. The second kappa shape index (κ2) is 6.30. The summed E-state index contributed by atoms with van der Waals surface area (Å²) in [6, 6.07) is 6.95. The van der Waals surface area contributed by atoms with Gasteiger partial charge in [-0.2, -0.15) is 5.10 Å². The average Bonchev–Trinajstić information content (AvgIpc) is 2.91. The number of anilines is 2. The van der Waals surface area contributed by atoms with E-state index in [1.165, 1.54) is 0 Å². The molecule has 1 amide bonds. The number of nitrogens with two attached hydrogens (primary N) is 1. The first-order valence-corrected chi connectivity index (χ1v) is 6.90. The molecule has 6 heteroatoms. The Kier molecular flexibility index (Phi) is 4.47. The van der Waals surface area contributed by atoms with Crippen LogP contribution in [0.5, 0.6) is 5.75 Å². The first-order valence-electron chi connectivity index (χ1n) is 6.90. The van der Waals surface area contributed by atoms with Crippen LogP contribution in [0.3, 0.4) is 0 Å². The van der Waals surface area contributed by atoms with Gasteiger partial charge in [-0.3, -0.25) is 9.48 Å². The van der Waals surface area contributed by atoms with Gasteiger partial charge in [-0.25, -0.2) is 0 Å². The van der Waals surface area contributed by atoms with Crippen LogP contribution in [0.25, 0.3) is 0 Å². The Morgan fingerprint density at radius 1 is 1.38 bits per heavy atom. The number of carbonyl (C=O) groups is 1. The predicted octanol–water partition coefficient (Wildman–Crippen LogP) is 2.31. The first-order chi connectivity index (χ1) is 10.1. The Morgan fingerprint density at radius 3 is 2.71 bits per heavy atom. The highest BCUT2D eigenvalue weighted by molar-refractivity contribution is 6.03. The molecular formula is C15H20N4O2. The van der Waals surface area contributed by atoms with Crippen molar-refractivity contribution in [2.24, 2.45) is 0 Å². The highest BCUT2D eigenvalue weighted by Crippen LogP contribution is 2.24. The van der Waals surface area contributed by atoms with Crippen molar-refractivity contribution in [1.82, 2.24) is 9.78 Å². The number of methoxy groups -OCH3 is 1. The van der Waals surface area contributed by atoms with Gasteiger partial charge in [0, 0.05) is 12.2 Å². The number of nitrogen functional groups attached to an aromatic ring is 1. The van der Waals surface area contributed by atoms with Crippen LogP contribution in [-0.4, -0.2) is 22.8 Å². The highest BCUT2D eigenvalue weighted by Gasteiger charge is 2.14. The van der Waals surface area contributed by atoms with Crippen LogP contribution in [-0.2, 0) is 13.0 Å². The van der Waals surface area contributed by atoms with E-state index in [9.17, 15) is 4.79 Å². The van der Waals surface area contributed by atoms with Gasteiger partial charge in [-0.15, -0.1) is 0 Å². The molecule has 0 fully saturated rings. The van der Waals surface area contributed by atoms with E-state index in [1.807, 2.05) is 19.9 Å². The molecule has 0 saturated carbocycles. The lowest BCUT2D eigenvalue weighted by molar-refractivity contribution is 0.101. The van der Waals surface area contributed by atoms with Crippen molar-refractivity contribution >= 4 is 17.3 Å². The summed E-state index contributed by atoms with van der Waals surface area (Å²) in [5.41, 5.74) is 8.38. The van der Waals surface area contributed by atoms with Crippen LogP contribution >= 0.6 is 0 Å². The van der Waals surface area contributed by atoms with E-state index in [0.29, 0.717) is 29.4 Å². The van der Waals surface area contributed by atoms with E-state index in [4.69, 9.17) is 10.5 Å². The van der Waals surface area contributed by atoms with Gasteiger partial charge >= 0.3 is 0 Å². The Bertz CT molecular complexity index is 649. The van der Waals surface area contributed by atoms with Crippen molar-refractivity contribution in [3.63, 3.8) is 0 Å². The topological polar surface area (TPSA) is 82.2 Å².